The van der Waals surface area contributed by atoms with E-state index in [1.807, 2.05) is 0 Å². The molecular weight excluding hydrogens is 254 g/mol. The van der Waals surface area contributed by atoms with Gasteiger partial charge in [0.1, 0.15) is 0 Å². The molecule has 1 unspecified atom stereocenters. The van der Waals surface area contributed by atoms with Crippen LogP contribution in [0.1, 0.15) is 25.7 Å². The van der Waals surface area contributed by atoms with Crippen LogP contribution in [0, 0.1) is 0 Å². The van der Waals surface area contributed by atoms with Crippen LogP contribution in [0.5, 0.6) is 0 Å². The highest BCUT2D eigenvalue weighted by Crippen LogP contribution is 2.11. The molecule has 0 aliphatic carbocycles. The quantitative estimate of drug-likeness (QED) is 0.626. The smallest absolute Gasteiger partial charge is 0.151 e. The fourth-order valence-electron chi connectivity index (χ4n) is 2.06. The molecule has 1 aliphatic rings. The standard InChI is InChI=1S/C12H25NO4S/c1-16-8-9-17-7-3-2-6-13-12-5-4-10-18(14,15)11-12/h12-13H,2-11H2,1H3. The van der Waals surface area contributed by atoms with Crippen molar-refractivity contribution >= 4 is 9.84 Å². The molecule has 1 saturated heterocycles. The van der Waals surface area contributed by atoms with E-state index >= 15 is 0 Å². The Morgan fingerprint density at radius 1 is 1.22 bits per heavy atom. The van der Waals surface area contributed by atoms with Crippen LogP contribution in [0.15, 0.2) is 0 Å². The number of methoxy groups -OCH3 is 1. The van der Waals surface area contributed by atoms with Crippen molar-refractivity contribution in [1.29, 1.82) is 0 Å². The Balaban J connectivity index is 1.94. The second-order valence-electron chi connectivity index (χ2n) is 4.72. The molecule has 5 nitrogen and oxygen atoms in total. The molecule has 1 N–H and O–H groups in total. The summed E-state index contributed by atoms with van der Waals surface area (Å²) in [5.41, 5.74) is 0. The highest BCUT2D eigenvalue weighted by Gasteiger charge is 2.23. The summed E-state index contributed by atoms with van der Waals surface area (Å²) in [6.07, 6.45) is 3.78. The molecule has 18 heavy (non-hydrogen) atoms. The SMILES string of the molecule is COCCOCCCCNC1CCCS(=O)(=O)C1. The fraction of sp³-hybridized carbons (Fsp3) is 1.00. The summed E-state index contributed by atoms with van der Waals surface area (Å²) in [7, 11) is -1.13. The van der Waals surface area contributed by atoms with Gasteiger partial charge in [0, 0.05) is 19.8 Å². The molecule has 1 heterocycles. The first-order valence-corrected chi connectivity index (χ1v) is 8.47. The highest BCUT2D eigenvalue weighted by atomic mass is 32.2. The largest absolute Gasteiger partial charge is 0.382 e. The topological polar surface area (TPSA) is 64.6 Å². The molecular formula is C12H25NO4S. The molecule has 1 atom stereocenters. The van der Waals surface area contributed by atoms with Crippen molar-refractivity contribution in [2.45, 2.75) is 31.7 Å². The molecule has 0 radical (unpaired) electrons. The molecule has 0 aromatic heterocycles. The molecule has 0 saturated carbocycles. The first kappa shape index (κ1) is 15.9. The highest BCUT2D eigenvalue weighted by molar-refractivity contribution is 7.91. The number of sulfone groups is 1. The van der Waals surface area contributed by atoms with E-state index in [0.29, 0.717) is 24.7 Å². The van der Waals surface area contributed by atoms with Crippen molar-refractivity contribution in [1.82, 2.24) is 5.32 Å². The molecule has 1 fully saturated rings. The predicted octanol–water partition coefficient (Wildman–Crippen LogP) is 0.596. The lowest BCUT2D eigenvalue weighted by atomic mass is 10.2. The fourth-order valence-corrected chi connectivity index (χ4v) is 3.73. The van der Waals surface area contributed by atoms with Gasteiger partial charge >= 0.3 is 0 Å². The summed E-state index contributed by atoms with van der Waals surface area (Å²) in [6.45, 7) is 2.89. The summed E-state index contributed by atoms with van der Waals surface area (Å²) in [5, 5.41) is 3.32. The Bertz CT molecular complexity index is 305. The Labute approximate surface area is 110 Å². The second kappa shape index (κ2) is 8.85. The lowest BCUT2D eigenvalue weighted by molar-refractivity contribution is 0.0687. The number of rotatable bonds is 9. The van der Waals surface area contributed by atoms with Gasteiger partial charge in [-0.25, -0.2) is 8.42 Å². The zero-order valence-electron chi connectivity index (χ0n) is 11.2. The van der Waals surface area contributed by atoms with E-state index in [-0.39, 0.29) is 6.04 Å². The average Bonchev–Trinajstić information content (AvgIpc) is 2.31. The molecule has 0 aromatic carbocycles. The second-order valence-corrected chi connectivity index (χ2v) is 6.95. The number of hydrogen-bond acceptors (Lipinski definition) is 5. The number of unbranched alkanes of at least 4 members (excludes halogenated alkanes) is 1. The summed E-state index contributed by atoms with van der Waals surface area (Å²) < 4.78 is 33.1. The molecule has 0 spiro atoms. The van der Waals surface area contributed by atoms with E-state index in [2.05, 4.69) is 5.32 Å². The van der Waals surface area contributed by atoms with Gasteiger partial charge in [-0.05, 0) is 32.2 Å². The van der Waals surface area contributed by atoms with Gasteiger partial charge in [-0.3, -0.25) is 0 Å². The molecule has 6 heteroatoms. The van der Waals surface area contributed by atoms with Crippen molar-refractivity contribution < 1.29 is 17.9 Å². The molecule has 1 rings (SSSR count). The van der Waals surface area contributed by atoms with E-state index < -0.39 is 9.84 Å². The lowest BCUT2D eigenvalue weighted by Crippen LogP contribution is -2.40. The van der Waals surface area contributed by atoms with Crippen LogP contribution in [0.4, 0.5) is 0 Å². The molecule has 108 valence electrons. The zero-order chi connectivity index (χ0) is 13.3. The normalized spacial score (nSPS) is 23.1. The third-order valence-electron chi connectivity index (χ3n) is 3.04. The van der Waals surface area contributed by atoms with Crippen molar-refractivity contribution in [2.75, 3.05) is 45.0 Å². The van der Waals surface area contributed by atoms with Crippen molar-refractivity contribution in [3.8, 4) is 0 Å². The van der Waals surface area contributed by atoms with Gasteiger partial charge in [-0.2, -0.15) is 0 Å². The Morgan fingerprint density at radius 2 is 2.06 bits per heavy atom. The maximum absolute atomic E-state index is 11.4. The maximum Gasteiger partial charge on any atom is 0.151 e. The lowest BCUT2D eigenvalue weighted by Gasteiger charge is -2.23. The van der Waals surface area contributed by atoms with Crippen LogP contribution in [0.2, 0.25) is 0 Å². The van der Waals surface area contributed by atoms with Crippen LogP contribution in [-0.2, 0) is 19.3 Å². The van der Waals surface area contributed by atoms with E-state index in [1.165, 1.54) is 0 Å². The summed E-state index contributed by atoms with van der Waals surface area (Å²) in [4.78, 5) is 0. The van der Waals surface area contributed by atoms with Crippen LogP contribution >= 0.6 is 0 Å². The van der Waals surface area contributed by atoms with Crippen LogP contribution in [0.25, 0.3) is 0 Å². The van der Waals surface area contributed by atoms with Gasteiger partial charge in [-0.15, -0.1) is 0 Å². The van der Waals surface area contributed by atoms with E-state index in [4.69, 9.17) is 9.47 Å². The van der Waals surface area contributed by atoms with E-state index in [1.54, 1.807) is 7.11 Å². The minimum Gasteiger partial charge on any atom is -0.382 e. The first-order chi connectivity index (χ1) is 8.64. The zero-order valence-corrected chi connectivity index (χ0v) is 12.0. The molecule has 0 bridgehead atoms. The number of nitrogens with one attached hydrogen (secondary N) is 1. The van der Waals surface area contributed by atoms with Gasteiger partial charge in [0.2, 0.25) is 0 Å². The Kier molecular flexibility index (Phi) is 7.81. The van der Waals surface area contributed by atoms with Crippen molar-refractivity contribution in [3.05, 3.63) is 0 Å². The van der Waals surface area contributed by atoms with E-state index in [9.17, 15) is 8.42 Å². The van der Waals surface area contributed by atoms with Crippen LogP contribution in [-0.4, -0.2) is 59.4 Å². The van der Waals surface area contributed by atoms with Gasteiger partial charge in [0.15, 0.2) is 9.84 Å². The predicted molar refractivity (Wildman–Crippen MR) is 71.6 cm³/mol. The van der Waals surface area contributed by atoms with Gasteiger partial charge in [0.25, 0.3) is 0 Å². The van der Waals surface area contributed by atoms with Gasteiger partial charge in [-0.1, -0.05) is 0 Å². The first-order valence-electron chi connectivity index (χ1n) is 6.64. The van der Waals surface area contributed by atoms with Crippen LogP contribution in [0.3, 0.4) is 0 Å². The van der Waals surface area contributed by atoms with Gasteiger partial charge < -0.3 is 14.8 Å². The molecule has 0 amide bonds. The Morgan fingerprint density at radius 3 is 2.78 bits per heavy atom. The number of ether oxygens (including phenoxy) is 2. The summed E-state index contributed by atoms with van der Waals surface area (Å²) in [5.74, 6) is 0.663. The van der Waals surface area contributed by atoms with E-state index in [0.717, 1.165) is 38.8 Å². The van der Waals surface area contributed by atoms with Crippen molar-refractivity contribution in [2.24, 2.45) is 0 Å². The van der Waals surface area contributed by atoms with Crippen molar-refractivity contribution in [3.63, 3.8) is 0 Å². The monoisotopic (exact) mass is 279 g/mol. The summed E-state index contributed by atoms with van der Waals surface area (Å²) >= 11 is 0. The minimum atomic E-state index is -2.79. The minimum absolute atomic E-state index is 0.151. The number of hydrogen-bond donors (Lipinski definition) is 1. The summed E-state index contributed by atoms with van der Waals surface area (Å²) in [6, 6.07) is 0.151. The average molecular weight is 279 g/mol. The third kappa shape index (κ3) is 7.31. The van der Waals surface area contributed by atoms with Gasteiger partial charge in [0.05, 0.1) is 24.7 Å². The third-order valence-corrected chi connectivity index (χ3v) is 4.86. The Hall–Kier alpha value is -0.170. The van der Waals surface area contributed by atoms with Crippen LogP contribution < -0.4 is 5.32 Å². The maximum atomic E-state index is 11.4. The molecule has 1 aliphatic heterocycles. The molecule has 0 aromatic rings.